The number of carbonyl (C=O) groups is 1. The monoisotopic (exact) mass is 361 g/mol. The fourth-order valence-corrected chi connectivity index (χ4v) is 2.23. The minimum Gasteiger partial charge on any atom is -0.483 e. The summed E-state index contributed by atoms with van der Waals surface area (Å²) < 4.78 is 6.29. The first kappa shape index (κ1) is 16.2. The molecule has 1 aromatic carbocycles. The Morgan fingerprint density at radius 3 is 3.00 bits per heavy atom. The standard InChI is InChI=1S/C16H16BrN3O2/c1-2-12-5-6-15(14(17)8-12)22-11-16(21)20-19-10-13-4-3-7-18-9-13/h3-10H,2,11H2,1H3,(H,20,21)/b19-10+. The molecular formula is C16H16BrN3O2. The lowest BCUT2D eigenvalue weighted by molar-refractivity contribution is -0.123. The SMILES string of the molecule is CCc1ccc(OCC(=O)N/N=C/c2cccnc2)c(Br)c1. The van der Waals surface area contributed by atoms with Gasteiger partial charge in [-0.3, -0.25) is 9.78 Å². The second-order valence-electron chi connectivity index (χ2n) is 4.49. The predicted molar refractivity (Wildman–Crippen MR) is 89.0 cm³/mol. The van der Waals surface area contributed by atoms with Crippen molar-refractivity contribution < 1.29 is 9.53 Å². The Morgan fingerprint density at radius 2 is 2.32 bits per heavy atom. The van der Waals surface area contributed by atoms with Crippen LogP contribution >= 0.6 is 15.9 Å². The number of pyridine rings is 1. The van der Waals surface area contributed by atoms with Crippen molar-refractivity contribution in [3.63, 3.8) is 0 Å². The number of hydrazone groups is 1. The van der Waals surface area contributed by atoms with Gasteiger partial charge < -0.3 is 4.74 Å². The van der Waals surface area contributed by atoms with Crippen LogP contribution in [0.4, 0.5) is 0 Å². The zero-order valence-electron chi connectivity index (χ0n) is 12.1. The molecule has 6 heteroatoms. The van der Waals surface area contributed by atoms with Gasteiger partial charge in [0, 0.05) is 18.0 Å². The third-order valence-corrected chi connectivity index (χ3v) is 3.47. The maximum absolute atomic E-state index is 11.7. The zero-order chi connectivity index (χ0) is 15.8. The fraction of sp³-hybridized carbons (Fsp3) is 0.188. The molecule has 22 heavy (non-hydrogen) atoms. The highest BCUT2D eigenvalue weighted by molar-refractivity contribution is 9.10. The van der Waals surface area contributed by atoms with Gasteiger partial charge in [0.15, 0.2) is 6.61 Å². The van der Waals surface area contributed by atoms with Crippen LogP contribution in [0.25, 0.3) is 0 Å². The van der Waals surface area contributed by atoms with Crippen LogP contribution in [-0.2, 0) is 11.2 Å². The molecule has 0 aliphatic rings. The third kappa shape index (κ3) is 4.96. The summed E-state index contributed by atoms with van der Waals surface area (Å²) in [6, 6.07) is 9.43. The van der Waals surface area contributed by atoms with Crippen molar-refractivity contribution in [1.29, 1.82) is 0 Å². The lowest BCUT2D eigenvalue weighted by Crippen LogP contribution is -2.24. The Hall–Kier alpha value is -2.21. The van der Waals surface area contributed by atoms with E-state index in [0.717, 1.165) is 16.5 Å². The first-order valence-electron chi connectivity index (χ1n) is 6.82. The summed E-state index contributed by atoms with van der Waals surface area (Å²) >= 11 is 3.43. The van der Waals surface area contributed by atoms with Gasteiger partial charge in [-0.15, -0.1) is 0 Å². The average molecular weight is 362 g/mol. The molecule has 0 aliphatic heterocycles. The van der Waals surface area contributed by atoms with Crippen molar-refractivity contribution >= 4 is 28.1 Å². The van der Waals surface area contributed by atoms with Gasteiger partial charge in [-0.1, -0.05) is 19.1 Å². The van der Waals surface area contributed by atoms with Gasteiger partial charge >= 0.3 is 0 Å². The Morgan fingerprint density at radius 1 is 1.45 bits per heavy atom. The van der Waals surface area contributed by atoms with E-state index in [4.69, 9.17) is 4.74 Å². The summed E-state index contributed by atoms with van der Waals surface area (Å²) in [4.78, 5) is 15.6. The number of benzene rings is 1. The number of ether oxygens (including phenoxy) is 1. The summed E-state index contributed by atoms with van der Waals surface area (Å²) in [5, 5.41) is 3.85. The van der Waals surface area contributed by atoms with Crippen molar-refractivity contribution in [2.45, 2.75) is 13.3 Å². The van der Waals surface area contributed by atoms with E-state index in [1.165, 1.54) is 11.8 Å². The van der Waals surface area contributed by atoms with Crippen LogP contribution in [0.1, 0.15) is 18.1 Å². The van der Waals surface area contributed by atoms with Crippen molar-refractivity contribution in [3.05, 3.63) is 58.3 Å². The highest BCUT2D eigenvalue weighted by Gasteiger charge is 2.05. The van der Waals surface area contributed by atoms with E-state index in [9.17, 15) is 4.79 Å². The number of aromatic nitrogens is 1. The quantitative estimate of drug-likeness (QED) is 0.635. The predicted octanol–water partition coefficient (Wildman–Crippen LogP) is 2.94. The minimum atomic E-state index is -0.327. The van der Waals surface area contributed by atoms with E-state index in [-0.39, 0.29) is 12.5 Å². The van der Waals surface area contributed by atoms with Crippen molar-refractivity contribution in [3.8, 4) is 5.75 Å². The number of nitrogens with zero attached hydrogens (tertiary/aromatic N) is 2. The topological polar surface area (TPSA) is 63.6 Å². The molecule has 1 N–H and O–H groups in total. The van der Waals surface area contributed by atoms with E-state index in [1.54, 1.807) is 18.5 Å². The molecule has 1 aromatic heterocycles. The first-order chi connectivity index (χ1) is 10.7. The molecule has 1 amide bonds. The molecule has 0 atom stereocenters. The van der Waals surface area contributed by atoms with Crippen molar-refractivity contribution in [2.24, 2.45) is 5.10 Å². The minimum absolute atomic E-state index is 0.103. The van der Waals surface area contributed by atoms with Crippen molar-refractivity contribution in [2.75, 3.05) is 6.61 Å². The molecule has 0 saturated heterocycles. The number of amides is 1. The second-order valence-corrected chi connectivity index (χ2v) is 5.34. The summed E-state index contributed by atoms with van der Waals surface area (Å²) in [6.45, 7) is 1.98. The van der Waals surface area contributed by atoms with Gasteiger partial charge in [0.2, 0.25) is 0 Å². The molecule has 2 rings (SSSR count). The lowest BCUT2D eigenvalue weighted by Gasteiger charge is -2.08. The highest BCUT2D eigenvalue weighted by Crippen LogP contribution is 2.26. The maximum atomic E-state index is 11.7. The highest BCUT2D eigenvalue weighted by atomic mass is 79.9. The Balaban J connectivity index is 1.82. The summed E-state index contributed by atoms with van der Waals surface area (Å²) in [6.07, 6.45) is 5.79. The number of aryl methyl sites for hydroxylation is 1. The average Bonchev–Trinajstić information content (AvgIpc) is 2.54. The summed E-state index contributed by atoms with van der Waals surface area (Å²) in [5.74, 6) is 0.301. The zero-order valence-corrected chi connectivity index (χ0v) is 13.7. The van der Waals surface area contributed by atoms with Crippen LogP contribution in [-0.4, -0.2) is 23.7 Å². The van der Waals surface area contributed by atoms with E-state index in [0.29, 0.717) is 5.75 Å². The van der Waals surface area contributed by atoms with Crippen LogP contribution in [0.15, 0.2) is 52.3 Å². The molecule has 0 bridgehead atoms. The van der Waals surface area contributed by atoms with Crippen LogP contribution in [0.5, 0.6) is 5.75 Å². The number of nitrogens with one attached hydrogen (secondary N) is 1. The Kier molecular flexibility index (Phi) is 6.09. The summed E-state index contributed by atoms with van der Waals surface area (Å²) in [5.41, 5.74) is 4.41. The number of hydrogen-bond donors (Lipinski definition) is 1. The number of halogens is 1. The van der Waals surface area contributed by atoms with Gasteiger partial charge in [-0.25, -0.2) is 5.43 Å². The lowest BCUT2D eigenvalue weighted by atomic mass is 10.2. The van der Waals surface area contributed by atoms with Crippen LogP contribution in [0.2, 0.25) is 0 Å². The summed E-state index contributed by atoms with van der Waals surface area (Å²) in [7, 11) is 0. The van der Waals surface area contributed by atoms with E-state index >= 15 is 0 Å². The Labute approximate surface area is 137 Å². The molecule has 1 heterocycles. The molecule has 5 nitrogen and oxygen atoms in total. The van der Waals surface area contributed by atoms with E-state index in [1.807, 2.05) is 24.3 Å². The first-order valence-corrected chi connectivity index (χ1v) is 7.61. The molecule has 2 aromatic rings. The maximum Gasteiger partial charge on any atom is 0.277 e. The molecule has 0 radical (unpaired) electrons. The van der Waals surface area contributed by atoms with Gasteiger partial charge in [0.25, 0.3) is 5.91 Å². The smallest absolute Gasteiger partial charge is 0.277 e. The number of hydrogen-bond acceptors (Lipinski definition) is 4. The fourth-order valence-electron chi connectivity index (χ4n) is 1.69. The largest absolute Gasteiger partial charge is 0.483 e. The van der Waals surface area contributed by atoms with Gasteiger partial charge in [0.1, 0.15) is 5.75 Å². The van der Waals surface area contributed by atoms with Gasteiger partial charge in [-0.2, -0.15) is 5.10 Å². The normalized spacial score (nSPS) is 10.6. The molecule has 0 aliphatic carbocycles. The number of carbonyl (C=O) groups excluding carboxylic acids is 1. The van der Waals surface area contributed by atoms with Crippen LogP contribution < -0.4 is 10.2 Å². The molecule has 0 unspecified atom stereocenters. The number of rotatable bonds is 6. The second kappa shape index (κ2) is 8.29. The van der Waals surface area contributed by atoms with Crippen molar-refractivity contribution in [1.82, 2.24) is 10.4 Å². The third-order valence-electron chi connectivity index (χ3n) is 2.85. The van der Waals surface area contributed by atoms with Gasteiger partial charge in [-0.05, 0) is 46.1 Å². The molecule has 0 fully saturated rings. The van der Waals surface area contributed by atoms with E-state index < -0.39 is 0 Å². The Bertz CT molecular complexity index is 660. The van der Waals surface area contributed by atoms with Gasteiger partial charge in [0.05, 0.1) is 10.7 Å². The van der Waals surface area contributed by atoms with E-state index in [2.05, 4.69) is 38.4 Å². The molecular weight excluding hydrogens is 346 g/mol. The van der Waals surface area contributed by atoms with Crippen LogP contribution in [0.3, 0.4) is 0 Å². The van der Waals surface area contributed by atoms with Crippen LogP contribution in [0, 0.1) is 0 Å². The molecule has 0 spiro atoms. The molecule has 114 valence electrons. The molecule has 0 saturated carbocycles.